The molecule has 0 fully saturated rings. The van der Waals surface area contributed by atoms with Gasteiger partial charge in [0.2, 0.25) is 15.9 Å². The molecule has 0 radical (unpaired) electrons. The van der Waals surface area contributed by atoms with E-state index in [4.69, 9.17) is 23.2 Å². The van der Waals surface area contributed by atoms with E-state index in [9.17, 15) is 13.2 Å². The molecule has 0 saturated carbocycles. The van der Waals surface area contributed by atoms with Gasteiger partial charge in [-0.25, -0.2) is 8.42 Å². The lowest BCUT2D eigenvalue weighted by atomic mass is 10.1. The van der Waals surface area contributed by atoms with Crippen molar-refractivity contribution in [1.29, 1.82) is 0 Å². The fourth-order valence-corrected chi connectivity index (χ4v) is 4.11. The third kappa shape index (κ3) is 4.90. The van der Waals surface area contributed by atoms with Crippen LogP contribution in [0.2, 0.25) is 10.0 Å². The standard InChI is InChI=1S/C18H20Cl2N2O3S/c1-4-17(18(23)21-16-11-13(19)7-10-15(16)20)22(26(3,24)25)14-8-5-12(2)6-9-14/h5-11,17H,4H2,1-3H3,(H,21,23)/t17-/m0/s1. The molecule has 0 spiro atoms. The van der Waals surface area contributed by atoms with E-state index in [0.29, 0.717) is 21.4 Å². The van der Waals surface area contributed by atoms with Gasteiger partial charge < -0.3 is 5.32 Å². The van der Waals surface area contributed by atoms with Gasteiger partial charge >= 0.3 is 0 Å². The van der Waals surface area contributed by atoms with Gasteiger partial charge in [0.1, 0.15) is 6.04 Å². The van der Waals surface area contributed by atoms with Gasteiger partial charge in [0, 0.05) is 5.02 Å². The second kappa shape index (κ2) is 8.29. The van der Waals surface area contributed by atoms with E-state index in [1.165, 1.54) is 6.07 Å². The van der Waals surface area contributed by atoms with E-state index >= 15 is 0 Å². The van der Waals surface area contributed by atoms with Crippen LogP contribution in [0.1, 0.15) is 18.9 Å². The van der Waals surface area contributed by atoms with Crippen molar-refractivity contribution >= 4 is 50.5 Å². The van der Waals surface area contributed by atoms with Crippen molar-refractivity contribution in [2.75, 3.05) is 15.9 Å². The topological polar surface area (TPSA) is 66.5 Å². The van der Waals surface area contributed by atoms with E-state index in [1.54, 1.807) is 43.3 Å². The Bertz CT molecular complexity index is 899. The highest BCUT2D eigenvalue weighted by molar-refractivity contribution is 7.92. The Balaban J connectivity index is 2.39. The van der Waals surface area contributed by atoms with Gasteiger partial charge in [-0.2, -0.15) is 0 Å². The van der Waals surface area contributed by atoms with Crippen LogP contribution in [0.3, 0.4) is 0 Å². The molecule has 0 unspecified atom stereocenters. The van der Waals surface area contributed by atoms with Gasteiger partial charge in [0.15, 0.2) is 0 Å². The van der Waals surface area contributed by atoms with Gasteiger partial charge in [0.25, 0.3) is 0 Å². The number of aryl methyl sites for hydroxylation is 1. The number of hydrogen-bond donors (Lipinski definition) is 1. The van der Waals surface area contributed by atoms with Crippen molar-refractivity contribution in [2.45, 2.75) is 26.3 Å². The summed E-state index contributed by atoms with van der Waals surface area (Å²) in [7, 11) is -3.68. The van der Waals surface area contributed by atoms with Crippen molar-refractivity contribution in [2.24, 2.45) is 0 Å². The molecule has 0 aliphatic rings. The average Bonchev–Trinajstić information content (AvgIpc) is 2.56. The van der Waals surface area contributed by atoms with Crippen LogP contribution >= 0.6 is 23.2 Å². The summed E-state index contributed by atoms with van der Waals surface area (Å²) < 4.78 is 25.9. The Labute approximate surface area is 164 Å². The predicted molar refractivity (Wildman–Crippen MR) is 108 cm³/mol. The van der Waals surface area contributed by atoms with E-state index < -0.39 is 22.0 Å². The third-order valence-electron chi connectivity index (χ3n) is 3.80. The van der Waals surface area contributed by atoms with Crippen LogP contribution < -0.4 is 9.62 Å². The molecular formula is C18H20Cl2N2O3S. The molecule has 0 bridgehead atoms. The van der Waals surface area contributed by atoms with Crippen LogP contribution in [0.25, 0.3) is 0 Å². The summed E-state index contributed by atoms with van der Waals surface area (Å²) in [4.78, 5) is 12.8. The van der Waals surface area contributed by atoms with Crippen LogP contribution in [0.5, 0.6) is 0 Å². The van der Waals surface area contributed by atoms with Crippen molar-refractivity contribution in [3.8, 4) is 0 Å². The van der Waals surface area contributed by atoms with E-state index in [0.717, 1.165) is 16.1 Å². The van der Waals surface area contributed by atoms with Crippen molar-refractivity contribution in [1.82, 2.24) is 0 Å². The zero-order chi connectivity index (χ0) is 19.5. The first-order chi connectivity index (χ1) is 12.1. The molecule has 0 aliphatic carbocycles. The highest BCUT2D eigenvalue weighted by Crippen LogP contribution is 2.28. The first-order valence-corrected chi connectivity index (χ1v) is 10.6. The van der Waals surface area contributed by atoms with E-state index in [2.05, 4.69) is 5.32 Å². The average molecular weight is 415 g/mol. The number of carbonyl (C=O) groups is 1. The lowest BCUT2D eigenvalue weighted by Crippen LogP contribution is -2.47. The van der Waals surface area contributed by atoms with Gasteiger partial charge in [-0.3, -0.25) is 9.10 Å². The number of sulfonamides is 1. The lowest BCUT2D eigenvalue weighted by Gasteiger charge is -2.30. The van der Waals surface area contributed by atoms with E-state index in [-0.39, 0.29) is 6.42 Å². The summed E-state index contributed by atoms with van der Waals surface area (Å²) in [6.45, 7) is 3.65. The molecule has 1 N–H and O–H groups in total. The smallest absolute Gasteiger partial charge is 0.248 e. The van der Waals surface area contributed by atoms with Crippen molar-refractivity contribution < 1.29 is 13.2 Å². The number of carbonyl (C=O) groups excluding carboxylic acids is 1. The first kappa shape index (κ1) is 20.6. The molecule has 1 amide bonds. The van der Waals surface area contributed by atoms with Crippen molar-refractivity contribution in [3.05, 3.63) is 58.1 Å². The fraction of sp³-hybridized carbons (Fsp3) is 0.278. The summed E-state index contributed by atoms with van der Waals surface area (Å²) in [5, 5.41) is 3.41. The molecule has 26 heavy (non-hydrogen) atoms. The molecule has 8 heteroatoms. The maximum atomic E-state index is 12.8. The number of anilines is 2. The van der Waals surface area contributed by atoms with Gasteiger partial charge in [-0.1, -0.05) is 47.8 Å². The molecule has 0 aliphatic heterocycles. The molecule has 0 saturated heterocycles. The van der Waals surface area contributed by atoms with Crippen LogP contribution in [0.15, 0.2) is 42.5 Å². The number of benzene rings is 2. The van der Waals surface area contributed by atoms with Gasteiger partial charge in [-0.15, -0.1) is 0 Å². The summed E-state index contributed by atoms with van der Waals surface area (Å²) in [6, 6.07) is 10.7. The summed E-state index contributed by atoms with van der Waals surface area (Å²) in [5.74, 6) is -0.484. The zero-order valence-corrected chi connectivity index (χ0v) is 17.0. The monoisotopic (exact) mass is 414 g/mol. The summed E-state index contributed by atoms with van der Waals surface area (Å²) in [5.41, 5.74) is 1.75. The second-order valence-electron chi connectivity index (χ2n) is 5.93. The molecule has 2 aromatic rings. The molecule has 140 valence electrons. The minimum absolute atomic E-state index is 0.283. The van der Waals surface area contributed by atoms with Crippen LogP contribution in [-0.2, 0) is 14.8 Å². The van der Waals surface area contributed by atoms with Crippen LogP contribution in [0, 0.1) is 6.92 Å². The normalized spacial score (nSPS) is 12.5. The van der Waals surface area contributed by atoms with Gasteiger partial charge in [-0.05, 0) is 43.7 Å². The SMILES string of the molecule is CC[C@@H](C(=O)Nc1cc(Cl)ccc1Cl)N(c1ccc(C)cc1)S(C)(=O)=O. The number of hydrogen-bond acceptors (Lipinski definition) is 3. The summed E-state index contributed by atoms with van der Waals surface area (Å²) in [6.07, 6.45) is 1.36. The first-order valence-electron chi connectivity index (χ1n) is 7.95. The molecule has 5 nitrogen and oxygen atoms in total. The Morgan fingerprint density at radius 2 is 1.77 bits per heavy atom. The highest BCUT2D eigenvalue weighted by atomic mass is 35.5. The molecule has 1 atom stereocenters. The quantitative estimate of drug-likeness (QED) is 0.756. The van der Waals surface area contributed by atoms with Crippen LogP contribution in [0.4, 0.5) is 11.4 Å². The van der Waals surface area contributed by atoms with Crippen molar-refractivity contribution in [3.63, 3.8) is 0 Å². The Morgan fingerprint density at radius 3 is 2.31 bits per heavy atom. The summed E-state index contributed by atoms with van der Waals surface area (Å²) >= 11 is 12.0. The van der Waals surface area contributed by atoms with E-state index in [1.807, 2.05) is 6.92 Å². The number of rotatable bonds is 6. The Kier molecular flexibility index (Phi) is 6.55. The molecule has 2 rings (SSSR count). The molecule has 0 heterocycles. The molecular weight excluding hydrogens is 395 g/mol. The highest BCUT2D eigenvalue weighted by Gasteiger charge is 2.31. The fourth-order valence-electron chi connectivity index (χ4n) is 2.56. The zero-order valence-electron chi connectivity index (χ0n) is 14.7. The lowest BCUT2D eigenvalue weighted by molar-refractivity contribution is -0.117. The Hall–Kier alpha value is -1.76. The third-order valence-corrected chi connectivity index (χ3v) is 5.55. The predicted octanol–water partition coefficient (Wildman–Crippen LogP) is 4.49. The van der Waals surface area contributed by atoms with Crippen LogP contribution in [-0.4, -0.2) is 26.6 Å². The Morgan fingerprint density at radius 1 is 1.15 bits per heavy atom. The minimum atomic E-state index is -3.68. The molecule has 0 aromatic heterocycles. The minimum Gasteiger partial charge on any atom is -0.323 e. The number of halogens is 2. The van der Waals surface area contributed by atoms with Gasteiger partial charge in [0.05, 0.1) is 22.7 Å². The largest absolute Gasteiger partial charge is 0.323 e. The number of amides is 1. The second-order valence-corrected chi connectivity index (χ2v) is 8.63. The maximum Gasteiger partial charge on any atom is 0.248 e. The maximum absolute atomic E-state index is 12.8. The molecule has 2 aromatic carbocycles. The number of nitrogens with one attached hydrogen (secondary N) is 1. The number of nitrogens with zero attached hydrogens (tertiary/aromatic N) is 1.